The zero-order chi connectivity index (χ0) is 29.8. The molecule has 11 nitrogen and oxygen atoms in total. The largest absolute Gasteiger partial charge is 0.444 e. The average molecular weight is 566 g/mol. The number of rotatable bonds is 13. The summed E-state index contributed by atoms with van der Waals surface area (Å²) < 4.78 is 5.37. The predicted molar refractivity (Wildman–Crippen MR) is 153 cm³/mol. The molecule has 0 saturated carbocycles. The lowest BCUT2D eigenvalue weighted by Gasteiger charge is -2.28. The molecule has 0 spiro atoms. The normalized spacial score (nSPS) is 14.3. The number of carbonyl (C=O) groups excluding carboxylic acids is 3. The van der Waals surface area contributed by atoms with E-state index < -0.39 is 54.3 Å². The van der Waals surface area contributed by atoms with Gasteiger partial charge >= 0.3 is 6.09 Å². The van der Waals surface area contributed by atoms with E-state index in [-0.39, 0.29) is 19.3 Å². The van der Waals surface area contributed by atoms with Crippen LogP contribution in [0, 0.1) is 0 Å². The number of ether oxygens (including phenoxy) is 1. The molecule has 3 rings (SSSR count). The summed E-state index contributed by atoms with van der Waals surface area (Å²) in [5.74, 6) is -1.17. The van der Waals surface area contributed by atoms with Crippen LogP contribution in [-0.4, -0.2) is 74.5 Å². The van der Waals surface area contributed by atoms with Crippen LogP contribution >= 0.6 is 0 Å². The van der Waals surface area contributed by atoms with Crippen LogP contribution in [0.5, 0.6) is 0 Å². The third kappa shape index (κ3) is 10.7. The summed E-state index contributed by atoms with van der Waals surface area (Å²) in [4.78, 5) is 46.7. The molecule has 0 radical (unpaired) electrons. The molecule has 4 atom stereocenters. The first-order chi connectivity index (χ1) is 19.5. The fourth-order valence-electron chi connectivity index (χ4n) is 4.17. The Kier molecular flexibility index (Phi) is 11.4. The van der Waals surface area contributed by atoms with Crippen LogP contribution in [0.4, 0.5) is 4.79 Å². The minimum Gasteiger partial charge on any atom is -0.444 e. The summed E-state index contributed by atoms with van der Waals surface area (Å²) in [6, 6.07) is 15.4. The minimum absolute atomic E-state index is 0.0648. The number of nitrogens with one attached hydrogen (secondary N) is 4. The smallest absolute Gasteiger partial charge is 0.408 e. The van der Waals surface area contributed by atoms with Gasteiger partial charge < -0.3 is 35.9 Å². The number of alkyl carbamates (subject to hydrolysis) is 1. The summed E-state index contributed by atoms with van der Waals surface area (Å²) in [5, 5.41) is 28.3. The summed E-state index contributed by atoms with van der Waals surface area (Å²) in [5.41, 5.74) is 1.46. The van der Waals surface area contributed by atoms with E-state index in [1.54, 1.807) is 20.8 Å². The van der Waals surface area contributed by atoms with Gasteiger partial charge in [0.2, 0.25) is 11.8 Å². The molecule has 1 aromatic heterocycles. The first kappa shape index (κ1) is 31.3. The molecule has 1 heterocycles. The van der Waals surface area contributed by atoms with Gasteiger partial charge in [-0.3, -0.25) is 9.59 Å². The summed E-state index contributed by atoms with van der Waals surface area (Å²) in [6.45, 7) is 4.59. The topological polar surface area (TPSA) is 166 Å². The first-order valence-electron chi connectivity index (χ1n) is 13.5. The Labute approximate surface area is 239 Å². The summed E-state index contributed by atoms with van der Waals surface area (Å²) in [6.07, 6.45) is 1.48. The third-order valence-electron chi connectivity index (χ3n) is 6.18. The van der Waals surface area contributed by atoms with Gasteiger partial charge in [-0.2, -0.15) is 0 Å². The number of aromatic nitrogens is 2. The molecule has 0 unspecified atom stereocenters. The van der Waals surface area contributed by atoms with E-state index in [2.05, 4.69) is 25.9 Å². The highest BCUT2D eigenvalue weighted by Crippen LogP contribution is 2.11. The van der Waals surface area contributed by atoms with Gasteiger partial charge in [-0.05, 0) is 38.3 Å². The molecule has 3 aromatic rings. The zero-order valence-electron chi connectivity index (χ0n) is 23.5. The van der Waals surface area contributed by atoms with Crippen molar-refractivity contribution in [3.05, 3.63) is 90.0 Å². The molecule has 0 aliphatic rings. The van der Waals surface area contributed by atoms with Gasteiger partial charge in [0.15, 0.2) is 0 Å². The molecule has 0 fully saturated rings. The van der Waals surface area contributed by atoms with Crippen molar-refractivity contribution in [2.45, 2.75) is 69.9 Å². The van der Waals surface area contributed by atoms with Gasteiger partial charge in [-0.25, -0.2) is 9.78 Å². The van der Waals surface area contributed by atoms with Gasteiger partial charge in [-0.15, -0.1) is 0 Å². The molecular formula is C30H39N5O6. The van der Waals surface area contributed by atoms with Crippen LogP contribution < -0.4 is 16.0 Å². The number of amides is 3. The summed E-state index contributed by atoms with van der Waals surface area (Å²) >= 11 is 0. The minimum atomic E-state index is -1.23. The highest BCUT2D eigenvalue weighted by atomic mass is 16.6. The Bertz CT molecular complexity index is 1230. The molecule has 2 aromatic carbocycles. The number of nitrogens with zero attached hydrogens (tertiary/aromatic N) is 1. The highest BCUT2D eigenvalue weighted by molar-refractivity contribution is 5.91. The van der Waals surface area contributed by atoms with E-state index in [9.17, 15) is 24.6 Å². The average Bonchev–Trinajstić information content (AvgIpc) is 3.45. The quantitative estimate of drug-likeness (QED) is 0.183. The Hall–Kier alpha value is -4.22. The molecule has 3 amide bonds. The van der Waals surface area contributed by atoms with Crippen molar-refractivity contribution in [2.75, 3.05) is 6.61 Å². The molecule has 0 aliphatic carbocycles. The van der Waals surface area contributed by atoms with Gasteiger partial charge in [-0.1, -0.05) is 60.7 Å². The molecule has 220 valence electrons. The van der Waals surface area contributed by atoms with Crippen molar-refractivity contribution in [3.63, 3.8) is 0 Å². The van der Waals surface area contributed by atoms with Crippen molar-refractivity contribution in [2.24, 2.45) is 0 Å². The highest BCUT2D eigenvalue weighted by Gasteiger charge is 2.31. The van der Waals surface area contributed by atoms with E-state index in [0.717, 1.165) is 11.1 Å². The fraction of sp³-hybridized carbons (Fsp3) is 0.400. The summed E-state index contributed by atoms with van der Waals surface area (Å²) in [7, 11) is 0. The number of benzene rings is 2. The van der Waals surface area contributed by atoms with Crippen molar-refractivity contribution in [1.82, 2.24) is 25.9 Å². The maximum atomic E-state index is 13.6. The van der Waals surface area contributed by atoms with E-state index in [0.29, 0.717) is 5.69 Å². The maximum absolute atomic E-state index is 13.6. The Balaban J connectivity index is 1.81. The van der Waals surface area contributed by atoms with Gasteiger partial charge in [0.1, 0.15) is 17.7 Å². The second kappa shape index (κ2) is 15.0. The van der Waals surface area contributed by atoms with Crippen molar-refractivity contribution >= 4 is 17.9 Å². The second-order valence-electron chi connectivity index (χ2n) is 10.8. The number of hydrogen-bond donors (Lipinski definition) is 6. The van der Waals surface area contributed by atoms with Crippen LogP contribution in [0.2, 0.25) is 0 Å². The van der Waals surface area contributed by atoms with Crippen molar-refractivity contribution in [1.29, 1.82) is 0 Å². The van der Waals surface area contributed by atoms with E-state index in [1.165, 1.54) is 12.5 Å². The number of aliphatic hydroxyl groups excluding tert-OH is 2. The molecule has 11 heteroatoms. The Morgan fingerprint density at radius 1 is 0.854 bits per heavy atom. The molecular weight excluding hydrogens is 526 g/mol. The Morgan fingerprint density at radius 3 is 1.95 bits per heavy atom. The van der Waals surface area contributed by atoms with E-state index in [1.807, 2.05) is 60.7 Å². The number of carbonyl (C=O) groups is 3. The van der Waals surface area contributed by atoms with Gasteiger partial charge in [0, 0.05) is 24.7 Å². The van der Waals surface area contributed by atoms with Crippen LogP contribution in [0.15, 0.2) is 73.2 Å². The fourth-order valence-corrected chi connectivity index (χ4v) is 4.17. The predicted octanol–water partition coefficient (Wildman–Crippen LogP) is 1.65. The number of aromatic amines is 1. The lowest BCUT2D eigenvalue weighted by Crippen LogP contribution is -2.58. The van der Waals surface area contributed by atoms with Crippen molar-refractivity contribution < 1.29 is 29.3 Å². The van der Waals surface area contributed by atoms with Crippen LogP contribution in [0.1, 0.15) is 37.6 Å². The number of H-pyrrole nitrogens is 1. The lowest BCUT2D eigenvalue weighted by atomic mass is 10.00. The van der Waals surface area contributed by atoms with Gasteiger partial charge in [0.25, 0.3) is 0 Å². The number of aliphatic hydroxyl groups is 2. The van der Waals surface area contributed by atoms with Gasteiger partial charge in [0.05, 0.1) is 25.1 Å². The monoisotopic (exact) mass is 565 g/mol. The molecule has 0 aliphatic heterocycles. The number of imidazole rings is 1. The molecule has 0 saturated heterocycles. The third-order valence-corrected chi connectivity index (χ3v) is 6.18. The standard InChI is InChI=1S/C30H39N5O6/c1-30(2,3)41-29(40)35-24(15-21-12-8-5-9-13-21)27(38)34-25(16-22-17-31-19-32-22)28(39)33-23(26(37)18-36)14-20-10-6-4-7-11-20/h4-13,17,19,23-26,36-37H,14-16,18H2,1-3H3,(H,31,32)(H,33,39)(H,34,38)(H,35,40)/t23-,24-,25-,26-/m0/s1. The van der Waals surface area contributed by atoms with Crippen LogP contribution in [-0.2, 0) is 33.6 Å². The van der Waals surface area contributed by atoms with Crippen LogP contribution in [0.3, 0.4) is 0 Å². The second-order valence-corrected chi connectivity index (χ2v) is 10.8. The van der Waals surface area contributed by atoms with Crippen LogP contribution in [0.25, 0.3) is 0 Å². The first-order valence-corrected chi connectivity index (χ1v) is 13.5. The molecule has 41 heavy (non-hydrogen) atoms. The lowest BCUT2D eigenvalue weighted by molar-refractivity contribution is -0.131. The zero-order valence-corrected chi connectivity index (χ0v) is 23.5. The van der Waals surface area contributed by atoms with Crippen molar-refractivity contribution in [3.8, 4) is 0 Å². The molecule has 0 bridgehead atoms. The van der Waals surface area contributed by atoms with E-state index >= 15 is 0 Å². The maximum Gasteiger partial charge on any atom is 0.408 e. The molecule has 6 N–H and O–H groups in total. The van der Waals surface area contributed by atoms with E-state index in [4.69, 9.17) is 4.74 Å². The number of hydrogen-bond acceptors (Lipinski definition) is 7. The Morgan fingerprint density at radius 2 is 1.41 bits per heavy atom. The SMILES string of the molecule is CC(C)(C)OC(=O)N[C@@H](Cc1ccccc1)C(=O)N[C@@H](Cc1cnc[nH]1)C(=O)N[C@@H](Cc1ccccc1)[C@@H](O)CO.